The number of carbonyl (C=O) groups excluding carboxylic acids is 2. The molecule has 2 aromatic rings. The number of methoxy groups -OCH3 is 1. The number of amides is 2. The van der Waals surface area contributed by atoms with Crippen LogP contribution in [0.2, 0.25) is 0 Å². The van der Waals surface area contributed by atoms with E-state index in [4.69, 9.17) is 14.6 Å². The largest absolute Gasteiger partial charge is 0.493 e. The van der Waals surface area contributed by atoms with E-state index in [1.165, 1.54) is 12.8 Å². The van der Waals surface area contributed by atoms with Crippen molar-refractivity contribution in [2.24, 2.45) is 16.9 Å². The van der Waals surface area contributed by atoms with Crippen LogP contribution in [0.1, 0.15) is 70.4 Å². The summed E-state index contributed by atoms with van der Waals surface area (Å²) >= 11 is 0. The van der Waals surface area contributed by atoms with E-state index in [0.717, 1.165) is 47.5 Å². The molecule has 2 aromatic carbocycles. The molecular weight excluding hydrogens is 454 g/mol. The summed E-state index contributed by atoms with van der Waals surface area (Å²) in [6.45, 7) is 6.18. The van der Waals surface area contributed by atoms with Gasteiger partial charge < -0.3 is 14.8 Å². The fourth-order valence-corrected chi connectivity index (χ4v) is 4.70. The van der Waals surface area contributed by atoms with E-state index in [-0.39, 0.29) is 29.8 Å². The standard InChI is InChI=1S/C29H37N3O4/c1-5-21-17-27(33)32(18-20-10-13-23(14-11-20)30-29(34)19(2)3)31-28(21)22-12-15-25(35-4)26(16-22)36-24-8-6-7-9-24/h10-16,19,21,24H,5-9,17-18H2,1-4H3,(H,30,34). The minimum absolute atomic E-state index is 0.0127. The summed E-state index contributed by atoms with van der Waals surface area (Å²) < 4.78 is 11.9. The highest BCUT2D eigenvalue weighted by Gasteiger charge is 2.30. The molecule has 7 heteroatoms. The second kappa shape index (κ2) is 11.6. The second-order valence-corrected chi connectivity index (χ2v) is 9.98. The van der Waals surface area contributed by atoms with Gasteiger partial charge in [-0.3, -0.25) is 9.59 Å². The number of rotatable bonds is 9. The lowest BCUT2D eigenvalue weighted by molar-refractivity contribution is -0.133. The van der Waals surface area contributed by atoms with E-state index in [9.17, 15) is 9.59 Å². The van der Waals surface area contributed by atoms with Crippen LogP contribution in [0.3, 0.4) is 0 Å². The topological polar surface area (TPSA) is 80.2 Å². The Bertz CT molecular complexity index is 1100. The third-order valence-electron chi connectivity index (χ3n) is 6.95. The van der Waals surface area contributed by atoms with Gasteiger partial charge in [-0.05, 0) is 68.0 Å². The Kier molecular flexibility index (Phi) is 8.28. The normalized spacial score (nSPS) is 18.4. The van der Waals surface area contributed by atoms with Gasteiger partial charge in [-0.1, -0.05) is 32.9 Å². The van der Waals surface area contributed by atoms with Crippen LogP contribution in [0.5, 0.6) is 11.5 Å². The number of hydrogen-bond acceptors (Lipinski definition) is 5. The summed E-state index contributed by atoms with van der Waals surface area (Å²) in [5.74, 6) is 1.41. The Labute approximate surface area is 213 Å². The van der Waals surface area contributed by atoms with E-state index in [2.05, 4.69) is 12.2 Å². The molecule has 1 atom stereocenters. The van der Waals surface area contributed by atoms with E-state index in [0.29, 0.717) is 18.7 Å². The molecule has 0 saturated heterocycles. The highest BCUT2D eigenvalue weighted by atomic mass is 16.5. The molecule has 1 aliphatic heterocycles. The Morgan fingerprint density at radius 3 is 2.47 bits per heavy atom. The number of anilines is 1. The summed E-state index contributed by atoms with van der Waals surface area (Å²) in [6.07, 6.45) is 5.98. The Morgan fingerprint density at radius 1 is 1.11 bits per heavy atom. The molecule has 0 bridgehead atoms. The minimum Gasteiger partial charge on any atom is -0.493 e. The first-order chi connectivity index (χ1) is 17.4. The molecule has 7 nitrogen and oxygen atoms in total. The molecule has 0 radical (unpaired) electrons. The monoisotopic (exact) mass is 491 g/mol. The van der Waals surface area contributed by atoms with Gasteiger partial charge in [0, 0.05) is 29.5 Å². The number of benzene rings is 2. The third-order valence-corrected chi connectivity index (χ3v) is 6.95. The van der Waals surface area contributed by atoms with Gasteiger partial charge in [0.2, 0.25) is 11.8 Å². The van der Waals surface area contributed by atoms with Crippen LogP contribution in [-0.4, -0.2) is 35.7 Å². The number of nitrogens with zero attached hydrogens (tertiary/aromatic N) is 2. The summed E-state index contributed by atoms with van der Waals surface area (Å²) in [6, 6.07) is 13.5. The lowest BCUT2D eigenvalue weighted by Gasteiger charge is -2.29. The maximum atomic E-state index is 12.9. The van der Waals surface area contributed by atoms with E-state index < -0.39 is 0 Å². The van der Waals surface area contributed by atoms with Gasteiger partial charge >= 0.3 is 0 Å². The van der Waals surface area contributed by atoms with Crippen molar-refractivity contribution in [3.05, 3.63) is 53.6 Å². The SMILES string of the molecule is CCC1CC(=O)N(Cc2ccc(NC(=O)C(C)C)cc2)N=C1c1ccc(OC)c(OC2CCCC2)c1. The van der Waals surface area contributed by atoms with Crippen molar-refractivity contribution in [3.8, 4) is 11.5 Å². The first kappa shape index (κ1) is 25.7. The van der Waals surface area contributed by atoms with Crippen LogP contribution < -0.4 is 14.8 Å². The summed E-state index contributed by atoms with van der Waals surface area (Å²) in [5.41, 5.74) is 3.55. The molecule has 2 amide bonds. The van der Waals surface area contributed by atoms with Crippen molar-refractivity contribution in [3.63, 3.8) is 0 Å². The molecule has 1 aliphatic carbocycles. The molecule has 2 aliphatic rings. The zero-order chi connectivity index (χ0) is 25.7. The molecule has 1 N–H and O–H groups in total. The van der Waals surface area contributed by atoms with Crippen molar-refractivity contribution in [1.82, 2.24) is 5.01 Å². The highest BCUT2D eigenvalue weighted by Crippen LogP contribution is 2.34. The fraction of sp³-hybridized carbons (Fsp3) is 0.483. The van der Waals surface area contributed by atoms with Gasteiger partial charge in [0.05, 0.1) is 25.5 Å². The molecule has 1 fully saturated rings. The van der Waals surface area contributed by atoms with Gasteiger partial charge in [0.15, 0.2) is 11.5 Å². The van der Waals surface area contributed by atoms with Crippen LogP contribution in [0, 0.1) is 11.8 Å². The van der Waals surface area contributed by atoms with Crippen molar-refractivity contribution in [1.29, 1.82) is 0 Å². The second-order valence-electron chi connectivity index (χ2n) is 9.98. The Balaban J connectivity index is 1.56. The predicted octanol–water partition coefficient (Wildman–Crippen LogP) is 5.77. The summed E-state index contributed by atoms with van der Waals surface area (Å²) in [7, 11) is 1.66. The predicted molar refractivity (Wildman–Crippen MR) is 141 cm³/mol. The number of carbonyl (C=O) groups is 2. The van der Waals surface area contributed by atoms with Crippen molar-refractivity contribution in [2.75, 3.05) is 12.4 Å². The molecule has 1 saturated carbocycles. The zero-order valence-electron chi connectivity index (χ0n) is 21.8. The van der Waals surface area contributed by atoms with Gasteiger partial charge in [-0.25, -0.2) is 5.01 Å². The Hall–Kier alpha value is -3.35. The molecule has 1 unspecified atom stereocenters. The summed E-state index contributed by atoms with van der Waals surface area (Å²) in [4.78, 5) is 24.9. The summed E-state index contributed by atoms with van der Waals surface area (Å²) in [5, 5.41) is 9.29. The number of hydrogen-bond donors (Lipinski definition) is 1. The quantitative estimate of drug-likeness (QED) is 0.483. The van der Waals surface area contributed by atoms with E-state index >= 15 is 0 Å². The first-order valence-electron chi connectivity index (χ1n) is 13.0. The van der Waals surface area contributed by atoms with Crippen LogP contribution in [0.15, 0.2) is 47.6 Å². The van der Waals surface area contributed by atoms with Crippen molar-refractivity contribution < 1.29 is 19.1 Å². The maximum absolute atomic E-state index is 12.9. The molecule has 192 valence electrons. The van der Waals surface area contributed by atoms with Crippen molar-refractivity contribution in [2.45, 2.75) is 71.9 Å². The van der Waals surface area contributed by atoms with Crippen LogP contribution in [0.25, 0.3) is 0 Å². The maximum Gasteiger partial charge on any atom is 0.243 e. The number of nitrogens with one attached hydrogen (secondary N) is 1. The lowest BCUT2D eigenvalue weighted by Crippen LogP contribution is -2.36. The average molecular weight is 492 g/mol. The van der Waals surface area contributed by atoms with Crippen molar-refractivity contribution >= 4 is 23.2 Å². The third kappa shape index (κ3) is 6.07. The highest BCUT2D eigenvalue weighted by molar-refractivity contribution is 6.06. The fourth-order valence-electron chi connectivity index (χ4n) is 4.70. The number of hydrazone groups is 1. The Morgan fingerprint density at radius 2 is 1.83 bits per heavy atom. The average Bonchev–Trinajstić information content (AvgIpc) is 3.39. The van der Waals surface area contributed by atoms with E-state index in [1.54, 1.807) is 12.1 Å². The van der Waals surface area contributed by atoms with Gasteiger partial charge in [-0.15, -0.1) is 0 Å². The lowest BCUT2D eigenvalue weighted by atomic mass is 9.89. The molecule has 0 spiro atoms. The van der Waals surface area contributed by atoms with Gasteiger partial charge in [0.25, 0.3) is 0 Å². The molecular formula is C29H37N3O4. The molecule has 0 aromatic heterocycles. The van der Waals surface area contributed by atoms with Crippen LogP contribution in [0.4, 0.5) is 5.69 Å². The van der Waals surface area contributed by atoms with Gasteiger partial charge in [0.1, 0.15) is 0 Å². The van der Waals surface area contributed by atoms with Crippen LogP contribution >= 0.6 is 0 Å². The minimum atomic E-state index is -0.0862. The molecule has 4 rings (SSSR count). The van der Waals surface area contributed by atoms with Gasteiger partial charge in [-0.2, -0.15) is 5.10 Å². The van der Waals surface area contributed by atoms with Crippen LogP contribution in [-0.2, 0) is 16.1 Å². The van der Waals surface area contributed by atoms with E-state index in [1.807, 2.05) is 56.3 Å². The number of ether oxygens (including phenoxy) is 2. The zero-order valence-corrected chi connectivity index (χ0v) is 21.8. The smallest absolute Gasteiger partial charge is 0.243 e. The molecule has 1 heterocycles. The molecule has 36 heavy (non-hydrogen) atoms. The first-order valence-corrected chi connectivity index (χ1v) is 13.0.